The fourth-order valence-corrected chi connectivity index (χ4v) is 2.69. The van der Waals surface area contributed by atoms with Crippen LogP contribution in [0.5, 0.6) is 0 Å². The van der Waals surface area contributed by atoms with Crippen LogP contribution in [0.1, 0.15) is 52.4 Å². The van der Waals surface area contributed by atoms with Gasteiger partial charge in [0.25, 0.3) is 0 Å². The predicted molar refractivity (Wildman–Crippen MR) is 75.8 cm³/mol. The van der Waals surface area contributed by atoms with Crippen molar-refractivity contribution in [2.45, 2.75) is 58.4 Å². The Morgan fingerprint density at radius 2 is 2.17 bits per heavy atom. The highest BCUT2D eigenvalue weighted by molar-refractivity contribution is 5.82. The van der Waals surface area contributed by atoms with E-state index in [0.717, 1.165) is 32.4 Å². The van der Waals surface area contributed by atoms with Gasteiger partial charge in [-0.3, -0.25) is 5.41 Å². The monoisotopic (exact) mass is 255 g/mol. The third-order valence-corrected chi connectivity index (χ3v) is 4.19. The summed E-state index contributed by atoms with van der Waals surface area (Å²) in [7, 11) is 0. The number of aliphatic hydroxyl groups is 1. The van der Waals surface area contributed by atoms with Crippen LogP contribution >= 0.6 is 0 Å². The van der Waals surface area contributed by atoms with E-state index in [1.807, 2.05) is 13.8 Å². The van der Waals surface area contributed by atoms with Crippen LogP contribution in [0.3, 0.4) is 0 Å². The van der Waals surface area contributed by atoms with Crippen molar-refractivity contribution >= 4 is 5.84 Å². The molecule has 4 heteroatoms. The Balaban J connectivity index is 2.34. The molecule has 1 rings (SSSR count). The molecule has 0 aromatic carbocycles. The summed E-state index contributed by atoms with van der Waals surface area (Å²) in [6.07, 6.45) is 6.73. The highest BCUT2D eigenvalue weighted by Gasteiger charge is 2.24. The lowest BCUT2D eigenvalue weighted by molar-refractivity contribution is 0.115. The second kappa shape index (κ2) is 7.10. The van der Waals surface area contributed by atoms with Crippen LogP contribution < -0.4 is 5.73 Å². The maximum absolute atomic E-state index is 9.09. The van der Waals surface area contributed by atoms with Gasteiger partial charge in [-0.2, -0.15) is 0 Å². The number of aliphatic hydroxyl groups excluding tert-OH is 1. The van der Waals surface area contributed by atoms with Crippen LogP contribution in [0.4, 0.5) is 0 Å². The largest absolute Gasteiger partial charge is 0.396 e. The number of nitrogens with one attached hydrogen (secondary N) is 1. The van der Waals surface area contributed by atoms with Crippen LogP contribution in [0, 0.1) is 10.8 Å². The fraction of sp³-hybridized carbons (Fsp3) is 0.929. The zero-order valence-electron chi connectivity index (χ0n) is 11.9. The summed E-state index contributed by atoms with van der Waals surface area (Å²) >= 11 is 0. The van der Waals surface area contributed by atoms with Gasteiger partial charge in [-0.25, -0.2) is 0 Å². The number of amidine groups is 1. The first-order valence-corrected chi connectivity index (χ1v) is 7.17. The van der Waals surface area contributed by atoms with Crippen molar-refractivity contribution in [1.82, 2.24) is 4.90 Å². The number of hydrogen-bond donors (Lipinski definition) is 3. The van der Waals surface area contributed by atoms with Crippen molar-refractivity contribution in [1.29, 1.82) is 5.41 Å². The van der Waals surface area contributed by atoms with Gasteiger partial charge < -0.3 is 15.7 Å². The Morgan fingerprint density at radius 1 is 1.44 bits per heavy atom. The zero-order chi connectivity index (χ0) is 13.6. The lowest BCUT2D eigenvalue weighted by Crippen LogP contribution is -2.41. The van der Waals surface area contributed by atoms with Crippen molar-refractivity contribution < 1.29 is 5.11 Å². The molecule has 0 aromatic rings. The molecule has 4 nitrogen and oxygen atoms in total. The molecule has 1 fully saturated rings. The number of likely N-dealkylation sites (tertiary alicyclic amines) is 1. The molecule has 18 heavy (non-hydrogen) atoms. The van der Waals surface area contributed by atoms with Gasteiger partial charge in [-0.15, -0.1) is 0 Å². The predicted octanol–water partition coefficient (Wildman–Crippen LogP) is 1.97. The summed E-state index contributed by atoms with van der Waals surface area (Å²) in [5.74, 6) is 0.285. The van der Waals surface area contributed by atoms with Gasteiger partial charge in [0.1, 0.15) is 0 Å². The molecule has 1 atom stereocenters. The summed E-state index contributed by atoms with van der Waals surface area (Å²) in [6.45, 7) is 6.60. The third kappa shape index (κ3) is 4.58. The van der Waals surface area contributed by atoms with Gasteiger partial charge in [-0.05, 0) is 45.2 Å². The van der Waals surface area contributed by atoms with Crippen LogP contribution in [0.2, 0.25) is 0 Å². The average molecular weight is 255 g/mol. The molecular weight excluding hydrogens is 226 g/mol. The second-order valence-electron chi connectivity index (χ2n) is 6.10. The number of rotatable bonds is 7. The van der Waals surface area contributed by atoms with Crippen molar-refractivity contribution in [2.75, 3.05) is 19.7 Å². The number of piperidine rings is 1. The summed E-state index contributed by atoms with van der Waals surface area (Å²) in [6, 6.07) is 0.559. The first-order valence-electron chi connectivity index (χ1n) is 7.17. The van der Waals surface area contributed by atoms with E-state index < -0.39 is 0 Å². The second-order valence-corrected chi connectivity index (χ2v) is 6.10. The summed E-state index contributed by atoms with van der Waals surface area (Å²) in [5, 5.41) is 16.6. The molecule has 0 spiro atoms. The highest BCUT2D eigenvalue weighted by Crippen LogP contribution is 2.24. The van der Waals surface area contributed by atoms with Crippen LogP contribution in [-0.4, -0.2) is 41.6 Å². The Labute approximate surface area is 111 Å². The molecule has 4 N–H and O–H groups in total. The van der Waals surface area contributed by atoms with Crippen molar-refractivity contribution in [3.63, 3.8) is 0 Å². The van der Waals surface area contributed by atoms with E-state index in [9.17, 15) is 0 Å². The van der Waals surface area contributed by atoms with E-state index in [2.05, 4.69) is 4.90 Å². The highest BCUT2D eigenvalue weighted by atomic mass is 16.3. The molecule has 0 aromatic heterocycles. The lowest BCUT2D eigenvalue weighted by Gasteiger charge is -2.36. The first-order chi connectivity index (χ1) is 8.47. The number of hydrogen-bond acceptors (Lipinski definition) is 3. The summed E-state index contributed by atoms with van der Waals surface area (Å²) in [5.41, 5.74) is 5.42. The Kier molecular flexibility index (Phi) is 6.09. The standard InChI is InChI=1S/C14H29N3O/c1-14(2,13(15)16)8-5-10-17-9-4-3-6-12(17)7-11-18/h12,18H,3-11H2,1-2H3,(H3,15,16). The average Bonchev–Trinajstić information content (AvgIpc) is 2.31. The van der Waals surface area contributed by atoms with Gasteiger partial charge in [0.05, 0.1) is 5.84 Å². The van der Waals surface area contributed by atoms with E-state index >= 15 is 0 Å². The Morgan fingerprint density at radius 3 is 2.78 bits per heavy atom. The van der Waals surface area contributed by atoms with E-state index in [-0.39, 0.29) is 11.3 Å². The molecule has 106 valence electrons. The minimum atomic E-state index is -0.178. The van der Waals surface area contributed by atoms with E-state index in [1.165, 1.54) is 19.3 Å². The Bertz CT molecular complexity index is 264. The van der Waals surface area contributed by atoms with Gasteiger partial charge in [0.2, 0.25) is 0 Å². The molecule has 1 unspecified atom stereocenters. The van der Waals surface area contributed by atoms with E-state index in [1.54, 1.807) is 0 Å². The summed E-state index contributed by atoms with van der Waals surface area (Å²) in [4.78, 5) is 2.51. The minimum absolute atomic E-state index is 0.178. The van der Waals surface area contributed by atoms with Gasteiger partial charge in [0, 0.05) is 18.1 Å². The van der Waals surface area contributed by atoms with Crippen LogP contribution in [0.25, 0.3) is 0 Å². The molecule has 1 heterocycles. The third-order valence-electron chi connectivity index (χ3n) is 4.19. The fourth-order valence-electron chi connectivity index (χ4n) is 2.69. The molecule has 0 aliphatic carbocycles. The number of nitrogens with zero attached hydrogens (tertiary/aromatic N) is 1. The molecule has 1 saturated heterocycles. The molecule has 0 radical (unpaired) electrons. The van der Waals surface area contributed by atoms with Crippen molar-refractivity contribution in [3.05, 3.63) is 0 Å². The maximum Gasteiger partial charge on any atom is 0.0963 e. The SMILES string of the molecule is CC(C)(CCCN1CCCCC1CCO)C(=N)N. The van der Waals surface area contributed by atoms with Gasteiger partial charge >= 0.3 is 0 Å². The maximum atomic E-state index is 9.09. The smallest absolute Gasteiger partial charge is 0.0963 e. The zero-order valence-corrected chi connectivity index (χ0v) is 11.9. The van der Waals surface area contributed by atoms with Crippen LogP contribution in [0.15, 0.2) is 0 Å². The molecule has 0 saturated carbocycles. The Hall–Kier alpha value is -0.610. The first kappa shape index (κ1) is 15.4. The van der Waals surface area contributed by atoms with Gasteiger partial charge in [0.15, 0.2) is 0 Å². The normalized spacial score (nSPS) is 22.1. The minimum Gasteiger partial charge on any atom is -0.396 e. The molecule has 0 amide bonds. The van der Waals surface area contributed by atoms with Crippen LogP contribution in [-0.2, 0) is 0 Å². The lowest BCUT2D eigenvalue weighted by atomic mass is 9.86. The molecule has 0 bridgehead atoms. The number of nitrogens with two attached hydrogens (primary N) is 1. The quantitative estimate of drug-likeness (QED) is 0.481. The van der Waals surface area contributed by atoms with Crippen molar-refractivity contribution in [2.24, 2.45) is 11.1 Å². The van der Waals surface area contributed by atoms with E-state index in [0.29, 0.717) is 12.6 Å². The van der Waals surface area contributed by atoms with E-state index in [4.69, 9.17) is 16.2 Å². The van der Waals surface area contributed by atoms with Crippen molar-refractivity contribution in [3.8, 4) is 0 Å². The molecule has 1 aliphatic rings. The summed E-state index contributed by atoms with van der Waals surface area (Å²) < 4.78 is 0. The molecular formula is C14H29N3O. The topological polar surface area (TPSA) is 73.3 Å². The van der Waals surface area contributed by atoms with Gasteiger partial charge in [-0.1, -0.05) is 20.3 Å². The molecule has 1 aliphatic heterocycles.